The SMILES string of the molecule is CCC(C)NC(=O)CSc1ccc(F)c(F)c1. The number of thioether (sulfide) groups is 1. The summed E-state index contributed by atoms with van der Waals surface area (Å²) < 4.78 is 25.5. The van der Waals surface area contributed by atoms with E-state index in [-0.39, 0.29) is 17.7 Å². The summed E-state index contributed by atoms with van der Waals surface area (Å²) in [6, 6.07) is 3.74. The normalized spacial score (nSPS) is 12.2. The summed E-state index contributed by atoms with van der Waals surface area (Å²) in [5.74, 6) is -1.67. The van der Waals surface area contributed by atoms with Crippen molar-refractivity contribution in [3.05, 3.63) is 29.8 Å². The molecule has 0 aliphatic heterocycles. The molecule has 0 spiro atoms. The Bertz CT molecular complexity index is 398. The highest BCUT2D eigenvalue weighted by Crippen LogP contribution is 2.20. The van der Waals surface area contributed by atoms with Gasteiger partial charge in [-0.25, -0.2) is 8.78 Å². The number of carbonyl (C=O) groups is 1. The van der Waals surface area contributed by atoms with Gasteiger partial charge < -0.3 is 5.32 Å². The molecule has 0 radical (unpaired) electrons. The summed E-state index contributed by atoms with van der Waals surface area (Å²) >= 11 is 1.19. The van der Waals surface area contributed by atoms with Gasteiger partial charge in [0.1, 0.15) is 0 Å². The molecule has 17 heavy (non-hydrogen) atoms. The smallest absolute Gasteiger partial charge is 0.230 e. The lowest BCUT2D eigenvalue weighted by molar-refractivity contribution is -0.119. The Kier molecular flexibility index (Phi) is 5.41. The van der Waals surface area contributed by atoms with Gasteiger partial charge in [0.05, 0.1) is 5.75 Å². The predicted octanol–water partition coefficient (Wildman–Crippen LogP) is 2.97. The van der Waals surface area contributed by atoms with Crippen LogP contribution in [0.5, 0.6) is 0 Å². The maximum absolute atomic E-state index is 12.9. The average molecular weight is 259 g/mol. The van der Waals surface area contributed by atoms with Crippen LogP contribution in [0.25, 0.3) is 0 Å². The molecule has 1 atom stereocenters. The van der Waals surface area contributed by atoms with E-state index in [1.807, 2.05) is 13.8 Å². The molecule has 0 saturated carbocycles. The zero-order chi connectivity index (χ0) is 12.8. The third kappa shape index (κ3) is 4.73. The molecule has 1 amide bonds. The van der Waals surface area contributed by atoms with Crippen LogP contribution in [0.3, 0.4) is 0 Å². The largest absolute Gasteiger partial charge is 0.353 e. The molecule has 1 N–H and O–H groups in total. The van der Waals surface area contributed by atoms with Gasteiger partial charge in [-0.1, -0.05) is 6.92 Å². The molecular weight excluding hydrogens is 244 g/mol. The molecule has 0 aliphatic rings. The minimum atomic E-state index is -0.891. The molecule has 5 heteroatoms. The van der Waals surface area contributed by atoms with E-state index in [9.17, 15) is 13.6 Å². The molecule has 0 aliphatic carbocycles. The van der Waals surface area contributed by atoms with Gasteiger partial charge in [0.15, 0.2) is 11.6 Å². The second-order valence-electron chi connectivity index (χ2n) is 3.74. The van der Waals surface area contributed by atoms with Crippen molar-refractivity contribution in [3.8, 4) is 0 Å². The molecule has 1 unspecified atom stereocenters. The molecular formula is C12H15F2NOS. The fourth-order valence-corrected chi connectivity index (χ4v) is 1.87. The first-order chi connectivity index (χ1) is 8.02. The van der Waals surface area contributed by atoms with E-state index in [0.717, 1.165) is 18.6 Å². The van der Waals surface area contributed by atoms with Crippen molar-refractivity contribution < 1.29 is 13.6 Å². The molecule has 94 valence electrons. The maximum Gasteiger partial charge on any atom is 0.230 e. The van der Waals surface area contributed by atoms with Crippen LogP contribution in [0, 0.1) is 11.6 Å². The number of nitrogens with one attached hydrogen (secondary N) is 1. The number of benzene rings is 1. The number of amides is 1. The first-order valence-corrected chi connectivity index (χ1v) is 6.38. The van der Waals surface area contributed by atoms with Gasteiger partial charge in [-0.2, -0.15) is 0 Å². The summed E-state index contributed by atoms with van der Waals surface area (Å²) in [5.41, 5.74) is 0. The summed E-state index contributed by atoms with van der Waals surface area (Å²) in [4.78, 5) is 12.0. The predicted molar refractivity (Wildman–Crippen MR) is 65.0 cm³/mol. The molecule has 1 aromatic carbocycles. The summed E-state index contributed by atoms with van der Waals surface area (Å²) in [5, 5.41) is 2.80. The van der Waals surface area contributed by atoms with Crippen LogP contribution in [0.4, 0.5) is 8.78 Å². The summed E-state index contributed by atoms with van der Waals surface area (Å²) in [6.07, 6.45) is 0.863. The van der Waals surface area contributed by atoms with E-state index >= 15 is 0 Å². The Morgan fingerprint density at radius 1 is 1.41 bits per heavy atom. The standard InChI is InChI=1S/C12H15F2NOS/c1-3-8(2)15-12(16)7-17-9-4-5-10(13)11(14)6-9/h4-6,8H,3,7H2,1-2H3,(H,15,16). The second kappa shape index (κ2) is 6.59. The molecule has 0 saturated heterocycles. The van der Waals surface area contributed by atoms with Crippen molar-refractivity contribution >= 4 is 17.7 Å². The van der Waals surface area contributed by atoms with Gasteiger partial charge in [0.25, 0.3) is 0 Å². The zero-order valence-electron chi connectivity index (χ0n) is 9.80. The Morgan fingerprint density at radius 3 is 2.71 bits per heavy atom. The first-order valence-electron chi connectivity index (χ1n) is 5.40. The first kappa shape index (κ1) is 14.0. The third-order valence-corrected chi connectivity index (χ3v) is 3.27. The quantitative estimate of drug-likeness (QED) is 0.824. The third-order valence-electron chi connectivity index (χ3n) is 2.28. The van der Waals surface area contributed by atoms with Crippen molar-refractivity contribution in [2.45, 2.75) is 31.2 Å². The Labute approximate surface area is 104 Å². The van der Waals surface area contributed by atoms with Gasteiger partial charge in [0, 0.05) is 10.9 Å². The topological polar surface area (TPSA) is 29.1 Å². The Morgan fingerprint density at radius 2 is 2.12 bits per heavy atom. The van der Waals surface area contributed by atoms with E-state index in [1.54, 1.807) is 0 Å². The van der Waals surface area contributed by atoms with E-state index in [4.69, 9.17) is 0 Å². The van der Waals surface area contributed by atoms with E-state index in [2.05, 4.69) is 5.32 Å². The highest BCUT2D eigenvalue weighted by Gasteiger charge is 2.07. The molecule has 0 aromatic heterocycles. The van der Waals surface area contributed by atoms with Crippen molar-refractivity contribution in [1.29, 1.82) is 0 Å². The van der Waals surface area contributed by atoms with Gasteiger partial charge >= 0.3 is 0 Å². The summed E-state index contributed by atoms with van der Waals surface area (Å²) in [6.45, 7) is 3.90. The summed E-state index contributed by atoms with van der Waals surface area (Å²) in [7, 11) is 0. The van der Waals surface area contributed by atoms with Gasteiger partial charge in [0.2, 0.25) is 5.91 Å². The molecule has 0 bridgehead atoms. The van der Waals surface area contributed by atoms with E-state index in [1.165, 1.54) is 17.8 Å². The molecule has 2 nitrogen and oxygen atoms in total. The number of rotatable bonds is 5. The number of carbonyl (C=O) groups excluding carboxylic acids is 1. The van der Waals surface area contributed by atoms with Crippen LogP contribution in [0.1, 0.15) is 20.3 Å². The van der Waals surface area contributed by atoms with Crippen molar-refractivity contribution in [3.63, 3.8) is 0 Å². The molecule has 0 fully saturated rings. The second-order valence-corrected chi connectivity index (χ2v) is 4.79. The fraction of sp³-hybridized carbons (Fsp3) is 0.417. The van der Waals surface area contributed by atoms with Crippen molar-refractivity contribution in [1.82, 2.24) is 5.32 Å². The van der Waals surface area contributed by atoms with Crippen LogP contribution < -0.4 is 5.32 Å². The molecule has 0 heterocycles. The maximum atomic E-state index is 12.9. The lowest BCUT2D eigenvalue weighted by atomic mass is 10.3. The van der Waals surface area contributed by atoms with Crippen molar-refractivity contribution in [2.24, 2.45) is 0 Å². The lowest BCUT2D eigenvalue weighted by Gasteiger charge is -2.10. The van der Waals surface area contributed by atoms with Crippen LogP contribution >= 0.6 is 11.8 Å². The molecule has 1 aromatic rings. The molecule has 1 rings (SSSR count). The highest BCUT2D eigenvalue weighted by molar-refractivity contribution is 8.00. The van der Waals surface area contributed by atoms with Crippen LogP contribution in [0.15, 0.2) is 23.1 Å². The number of hydrogen-bond acceptors (Lipinski definition) is 2. The van der Waals surface area contributed by atoms with Gasteiger partial charge in [-0.3, -0.25) is 4.79 Å². The average Bonchev–Trinajstić information content (AvgIpc) is 2.30. The fourth-order valence-electron chi connectivity index (χ4n) is 1.13. The van der Waals surface area contributed by atoms with Crippen molar-refractivity contribution in [2.75, 3.05) is 5.75 Å². The Balaban J connectivity index is 2.45. The lowest BCUT2D eigenvalue weighted by Crippen LogP contribution is -2.33. The monoisotopic (exact) mass is 259 g/mol. The zero-order valence-corrected chi connectivity index (χ0v) is 10.6. The van der Waals surface area contributed by atoms with Crippen LogP contribution in [0.2, 0.25) is 0 Å². The highest BCUT2D eigenvalue weighted by atomic mass is 32.2. The number of halogens is 2. The van der Waals surface area contributed by atoms with Gasteiger partial charge in [-0.15, -0.1) is 11.8 Å². The Hall–Kier alpha value is -1.10. The minimum Gasteiger partial charge on any atom is -0.353 e. The van der Waals surface area contributed by atoms with Crippen LogP contribution in [-0.4, -0.2) is 17.7 Å². The van der Waals surface area contributed by atoms with Crippen LogP contribution in [-0.2, 0) is 4.79 Å². The van der Waals surface area contributed by atoms with Gasteiger partial charge in [-0.05, 0) is 31.5 Å². The number of hydrogen-bond donors (Lipinski definition) is 1. The van der Waals surface area contributed by atoms with E-state index in [0.29, 0.717) is 4.90 Å². The minimum absolute atomic E-state index is 0.103. The van der Waals surface area contributed by atoms with E-state index < -0.39 is 11.6 Å².